The molecule has 0 aliphatic carbocycles. The SMILES string of the molecule is C[C@H]1C[C@H](c2ncc(-c3cnns3)[nH]2)n2c1nc(-c1c(-n3cnnn3)ccc(Cl)c1F)cc2=O. The first-order valence-electron chi connectivity index (χ1n) is 10.2. The van der Waals surface area contributed by atoms with E-state index >= 15 is 4.39 Å². The monoisotopic (exact) mass is 496 g/mol. The van der Waals surface area contributed by atoms with Crippen LogP contribution in [0.5, 0.6) is 0 Å². The number of nitrogens with one attached hydrogen (secondary N) is 1. The van der Waals surface area contributed by atoms with Gasteiger partial charge in [0.1, 0.15) is 18.0 Å². The zero-order valence-electron chi connectivity index (χ0n) is 17.4. The van der Waals surface area contributed by atoms with Gasteiger partial charge in [0.15, 0.2) is 5.82 Å². The highest BCUT2D eigenvalue weighted by Crippen LogP contribution is 2.39. The smallest absolute Gasteiger partial charge is 0.254 e. The van der Waals surface area contributed by atoms with E-state index in [2.05, 4.69) is 35.1 Å². The number of benzene rings is 1. The van der Waals surface area contributed by atoms with Gasteiger partial charge in [-0.25, -0.2) is 14.4 Å². The van der Waals surface area contributed by atoms with Crippen molar-refractivity contribution in [3.8, 4) is 27.5 Å². The molecule has 0 fully saturated rings. The molecule has 0 unspecified atom stereocenters. The second kappa shape index (κ2) is 7.88. The van der Waals surface area contributed by atoms with Crippen LogP contribution in [0.15, 0.2) is 41.7 Å². The Kier molecular flexibility index (Phi) is 4.81. The molecule has 4 aromatic heterocycles. The second-order valence-electron chi connectivity index (χ2n) is 7.83. The minimum Gasteiger partial charge on any atom is -0.339 e. The third-order valence-electron chi connectivity index (χ3n) is 5.77. The highest BCUT2D eigenvalue weighted by atomic mass is 35.5. The molecule has 6 rings (SSSR count). The Labute approximate surface area is 199 Å². The number of H-pyrrole nitrogens is 1. The summed E-state index contributed by atoms with van der Waals surface area (Å²) in [5, 5.41) is 14.8. The summed E-state index contributed by atoms with van der Waals surface area (Å²) in [4.78, 5) is 26.6. The lowest BCUT2D eigenvalue weighted by Crippen LogP contribution is -2.25. The van der Waals surface area contributed by atoms with E-state index in [9.17, 15) is 4.79 Å². The van der Waals surface area contributed by atoms with Gasteiger partial charge in [0, 0.05) is 12.0 Å². The molecule has 5 aromatic rings. The van der Waals surface area contributed by atoms with Gasteiger partial charge in [0.25, 0.3) is 5.56 Å². The molecule has 2 atom stereocenters. The van der Waals surface area contributed by atoms with E-state index in [0.717, 1.165) is 10.6 Å². The second-order valence-corrected chi connectivity index (χ2v) is 9.03. The summed E-state index contributed by atoms with van der Waals surface area (Å²) in [6.07, 6.45) is 5.28. The van der Waals surface area contributed by atoms with Crippen LogP contribution in [-0.2, 0) is 0 Å². The normalized spacial score (nSPS) is 17.3. The van der Waals surface area contributed by atoms with Crippen molar-refractivity contribution in [3.05, 3.63) is 69.8 Å². The van der Waals surface area contributed by atoms with Crippen molar-refractivity contribution in [1.29, 1.82) is 0 Å². The largest absolute Gasteiger partial charge is 0.339 e. The van der Waals surface area contributed by atoms with Crippen molar-refractivity contribution in [2.24, 2.45) is 0 Å². The minimum atomic E-state index is -0.706. The Bertz CT molecular complexity index is 1560. The lowest BCUT2D eigenvalue weighted by molar-refractivity contribution is 0.555. The van der Waals surface area contributed by atoms with Crippen LogP contribution in [0.3, 0.4) is 0 Å². The predicted octanol–water partition coefficient (Wildman–Crippen LogP) is 3.02. The first-order valence-corrected chi connectivity index (χ1v) is 11.3. The van der Waals surface area contributed by atoms with Gasteiger partial charge in [-0.2, -0.15) is 4.68 Å². The summed E-state index contributed by atoms with van der Waals surface area (Å²) < 4.78 is 22.0. The molecule has 1 aromatic carbocycles. The van der Waals surface area contributed by atoms with Crippen LogP contribution in [0.4, 0.5) is 4.39 Å². The van der Waals surface area contributed by atoms with E-state index in [1.807, 2.05) is 6.92 Å². The molecule has 1 aliphatic rings. The van der Waals surface area contributed by atoms with Crippen molar-refractivity contribution in [2.75, 3.05) is 0 Å². The zero-order valence-corrected chi connectivity index (χ0v) is 19.0. The van der Waals surface area contributed by atoms with Gasteiger partial charge in [-0.3, -0.25) is 9.36 Å². The van der Waals surface area contributed by atoms with Gasteiger partial charge in [-0.1, -0.05) is 23.0 Å². The standard InChI is InChI=1S/C20H14ClFN10OS/c1-9-4-14(19-23-6-12(26-19)15-7-24-30-34-15)32-16(33)5-11(27-20(9)32)17-13(31-8-25-28-29-31)3-2-10(21)18(17)22/h2-3,5-9,14H,4H2,1H3,(H,23,26)/t9-,14+/m0/s1. The Hall–Kier alpha value is -3.84. The molecule has 0 saturated heterocycles. The molecule has 0 bridgehead atoms. The number of hydrogen-bond donors (Lipinski definition) is 1. The molecule has 170 valence electrons. The van der Waals surface area contributed by atoms with Gasteiger partial charge < -0.3 is 4.98 Å². The minimum absolute atomic E-state index is 0.0499. The molecule has 14 heteroatoms. The summed E-state index contributed by atoms with van der Waals surface area (Å²) in [7, 11) is 0. The van der Waals surface area contributed by atoms with E-state index in [1.54, 1.807) is 23.0 Å². The Morgan fingerprint density at radius 1 is 1.26 bits per heavy atom. The lowest BCUT2D eigenvalue weighted by atomic mass is 10.1. The molecule has 0 amide bonds. The number of rotatable bonds is 4. The summed E-state index contributed by atoms with van der Waals surface area (Å²) in [6, 6.07) is 3.95. The number of aromatic amines is 1. The summed E-state index contributed by atoms with van der Waals surface area (Å²) in [5.41, 5.74) is 0.975. The van der Waals surface area contributed by atoms with Crippen molar-refractivity contribution in [1.82, 2.24) is 49.3 Å². The van der Waals surface area contributed by atoms with Crippen molar-refractivity contribution < 1.29 is 4.39 Å². The Balaban J connectivity index is 1.47. The van der Waals surface area contributed by atoms with Crippen molar-refractivity contribution in [3.63, 3.8) is 0 Å². The van der Waals surface area contributed by atoms with E-state index in [0.29, 0.717) is 23.8 Å². The number of imidazole rings is 1. The molecule has 34 heavy (non-hydrogen) atoms. The predicted molar refractivity (Wildman–Crippen MR) is 120 cm³/mol. The maximum absolute atomic E-state index is 15.2. The van der Waals surface area contributed by atoms with Gasteiger partial charge in [-0.15, -0.1) is 10.2 Å². The first-order chi connectivity index (χ1) is 16.5. The molecule has 1 aliphatic heterocycles. The van der Waals surface area contributed by atoms with Gasteiger partial charge in [0.2, 0.25) is 0 Å². The molecule has 0 spiro atoms. The number of hydrogen-bond acceptors (Lipinski definition) is 9. The van der Waals surface area contributed by atoms with E-state index in [4.69, 9.17) is 16.6 Å². The lowest BCUT2D eigenvalue weighted by Gasteiger charge is -2.14. The molecular weight excluding hydrogens is 483 g/mol. The summed E-state index contributed by atoms with van der Waals surface area (Å²) >= 11 is 7.31. The fourth-order valence-electron chi connectivity index (χ4n) is 4.24. The van der Waals surface area contributed by atoms with Crippen LogP contribution >= 0.6 is 23.1 Å². The van der Waals surface area contributed by atoms with E-state index in [-0.39, 0.29) is 33.8 Å². The fourth-order valence-corrected chi connectivity index (χ4v) is 4.88. The van der Waals surface area contributed by atoms with Gasteiger partial charge in [-0.05, 0) is 40.5 Å². The third-order valence-corrected chi connectivity index (χ3v) is 6.76. The highest BCUT2D eigenvalue weighted by Gasteiger charge is 2.34. The van der Waals surface area contributed by atoms with Crippen LogP contribution in [0.1, 0.15) is 37.0 Å². The average Bonchev–Trinajstić information content (AvgIpc) is 3.62. The van der Waals surface area contributed by atoms with E-state index < -0.39 is 5.82 Å². The molecule has 0 saturated carbocycles. The molecule has 5 heterocycles. The average molecular weight is 497 g/mol. The molecule has 1 N–H and O–H groups in total. The highest BCUT2D eigenvalue weighted by molar-refractivity contribution is 7.09. The fraction of sp³-hybridized carbons (Fsp3) is 0.200. The van der Waals surface area contributed by atoms with Crippen molar-refractivity contribution >= 4 is 23.1 Å². The number of halogens is 2. The van der Waals surface area contributed by atoms with E-state index in [1.165, 1.54) is 34.7 Å². The number of nitrogens with zero attached hydrogens (tertiary/aromatic N) is 9. The van der Waals surface area contributed by atoms with Gasteiger partial charge >= 0.3 is 0 Å². The quantitative estimate of drug-likeness (QED) is 0.401. The zero-order chi connectivity index (χ0) is 23.4. The molecule has 11 nitrogen and oxygen atoms in total. The molecule has 0 radical (unpaired) electrons. The summed E-state index contributed by atoms with van der Waals surface area (Å²) in [5.74, 6) is 0.387. The van der Waals surface area contributed by atoms with Crippen LogP contribution in [0.2, 0.25) is 5.02 Å². The van der Waals surface area contributed by atoms with Crippen LogP contribution < -0.4 is 5.56 Å². The Morgan fingerprint density at radius 3 is 2.91 bits per heavy atom. The van der Waals surface area contributed by atoms with Crippen molar-refractivity contribution in [2.45, 2.75) is 25.3 Å². The first kappa shape index (κ1) is 20.7. The van der Waals surface area contributed by atoms with Gasteiger partial charge in [0.05, 0.1) is 51.0 Å². The number of tetrazole rings is 1. The van der Waals surface area contributed by atoms with Crippen LogP contribution in [0, 0.1) is 5.82 Å². The van der Waals surface area contributed by atoms with Crippen LogP contribution in [0.25, 0.3) is 27.5 Å². The maximum atomic E-state index is 15.2. The Morgan fingerprint density at radius 2 is 2.15 bits per heavy atom. The number of aromatic nitrogens is 10. The molecular formula is C20H14ClFN10OS. The topological polar surface area (TPSA) is 133 Å². The third kappa shape index (κ3) is 3.23. The summed E-state index contributed by atoms with van der Waals surface area (Å²) in [6.45, 7) is 1.97. The van der Waals surface area contributed by atoms with Crippen LogP contribution in [-0.4, -0.2) is 49.3 Å². The number of fused-ring (bicyclic) bond motifs is 1. The maximum Gasteiger partial charge on any atom is 0.254 e.